The van der Waals surface area contributed by atoms with Crippen molar-refractivity contribution in [2.45, 2.75) is 6.42 Å². The summed E-state index contributed by atoms with van der Waals surface area (Å²) in [6, 6.07) is 12.4. The number of ether oxygens (including phenoxy) is 3. The van der Waals surface area contributed by atoms with Gasteiger partial charge in [-0.1, -0.05) is 12.1 Å². The monoisotopic (exact) mass is 385 g/mol. The molecule has 2 rings (SSSR count). The van der Waals surface area contributed by atoms with E-state index in [9.17, 15) is 9.59 Å². The van der Waals surface area contributed by atoms with Gasteiger partial charge in [0.05, 0.1) is 40.5 Å². The van der Waals surface area contributed by atoms with Gasteiger partial charge in [-0.15, -0.1) is 0 Å². The van der Waals surface area contributed by atoms with Crippen molar-refractivity contribution in [3.8, 4) is 17.2 Å². The summed E-state index contributed by atoms with van der Waals surface area (Å²) in [4.78, 5) is 23.7. The third-order valence-electron chi connectivity index (χ3n) is 3.78. The molecule has 0 unspecified atom stereocenters. The minimum atomic E-state index is -0.431. The molecule has 8 heteroatoms. The Balaban J connectivity index is 1.77. The van der Waals surface area contributed by atoms with E-state index in [1.807, 2.05) is 0 Å². The zero-order valence-corrected chi connectivity index (χ0v) is 16.0. The Morgan fingerprint density at radius 3 is 2.29 bits per heavy atom. The number of hydrogen-bond donors (Lipinski definition) is 2. The average molecular weight is 385 g/mol. The Hall–Kier alpha value is -3.55. The Morgan fingerprint density at radius 2 is 1.64 bits per heavy atom. The van der Waals surface area contributed by atoms with Crippen LogP contribution in [0.3, 0.4) is 0 Å². The van der Waals surface area contributed by atoms with Gasteiger partial charge < -0.3 is 19.5 Å². The molecule has 0 spiro atoms. The summed E-state index contributed by atoms with van der Waals surface area (Å²) in [7, 11) is 4.66. The lowest BCUT2D eigenvalue weighted by Crippen LogP contribution is -2.35. The molecule has 0 aliphatic carbocycles. The van der Waals surface area contributed by atoms with Crippen LogP contribution in [0.5, 0.6) is 17.2 Å². The number of carbonyl (C=O) groups excluding carboxylic acids is 2. The summed E-state index contributed by atoms with van der Waals surface area (Å²) >= 11 is 0. The lowest BCUT2D eigenvalue weighted by atomic mass is 10.1. The normalized spacial score (nSPS) is 10.4. The standard InChI is InChI=1S/C20H23N3O5/c1-26-16-7-4-14(5-8-16)11-19(24)21-13-20(25)23-22-12-15-6-9-17(27-2)18(10-15)28-3/h4-10,12H,11,13H2,1-3H3,(H,21,24)(H,23,25)/b22-12+. The highest BCUT2D eigenvalue weighted by Crippen LogP contribution is 2.26. The van der Waals surface area contributed by atoms with Gasteiger partial charge in [0.2, 0.25) is 5.91 Å². The SMILES string of the molecule is COc1ccc(CC(=O)NCC(=O)N/N=C/c2ccc(OC)c(OC)c2)cc1. The fourth-order valence-electron chi connectivity index (χ4n) is 2.32. The third-order valence-corrected chi connectivity index (χ3v) is 3.78. The van der Waals surface area contributed by atoms with Crippen LogP contribution in [-0.4, -0.2) is 45.9 Å². The van der Waals surface area contributed by atoms with Crippen molar-refractivity contribution in [1.29, 1.82) is 0 Å². The zero-order valence-electron chi connectivity index (χ0n) is 16.0. The molecule has 0 aliphatic rings. The van der Waals surface area contributed by atoms with Crippen molar-refractivity contribution in [3.63, 3.8) is 0 Å². The number of nitrogens with one attached hydrogen (secondary N) is 2. The van der Waals surface area contributed by atoms with Gasteiger partial charge in [-0.05, 0) is 41.5 Å². The molecular weight excluding hydrogens is 362 g/mol. The molecule has 0 fully saturated rings. The molecular formula is C20H23N3O5. The molecule has 0 atom stereocenters. The first-order valence-corrected chi connectivity index (χ1v) is 8.49. The van der Waals surface area contributed by atoms with Crippen LogP contribution in [0.2, 0.25) is 0 Å². The molecule has 28 heavy (non-hydrogen) atoms. The second-order valence-corrected chi connectivity index (χ2v) is 5.71. The molecule has 0 saturated carbocycles. The second kappa shape index (κ2) is 10.6. The van der Waals surface area contributed by atoms with Crippen LogP contribution >= 0.6 is 0 Å². The van der Waals surface area contributed by atoms with Crippen LogP contribution in [-0.2, 0) is 16.0 Å². The summed E-state index contributed by atoms with van der Waals surface area (Å²) in [5, 5.41) is 6.42. The predicted molar refractivity (Wildman–Crippen MR) is 105 cm³/mol. The van der Waals surface area contributed by atoms with Crippen molar-refractivity contribution in [2.75, 3.05) is 27.9 Å². The molecule has 0 heterocycles. The molecule has 0 aromatic heterocycles. The lowest BCUT2D eigenvalue weighted by molar-refractivity contribution is -0.125. The highest BCUT2D eigenvalue weighted by molar-refractivity contribution is 5.87. The fourth-order valence-corrected chi connectivity index (χ4v) is 2.32. The molecule has 0 radical (unpaired) electrons. The van der Waals surface area contributed by atoms with Crippen molar-refractivity contribution in [2.24, 2.45) is 5.10 Å². The number of hydrazone groups is 1. The first kappa shape index (κ1) is 20.8. The molecule has 8 nitrogen and oxygen atoms in total. The third kappa shape index (κ3) is 6.31. The van der Waals surface area contributed by atoms with Gasteiger partial charge in [-0.2, -0.15) is 5.10 Å². The smallest absolute Gasteiger partial charge is 0.259 e. The Labute approximate surface area is 163 Å². The second-order valence-electron chi connectivity index (χ2n) is 5.71. The van der Waals surface area contributed by atoms with Crippen LogP contribution in [0, 0.1) is 0 Å². The lowest BCUT2D eigenvalue weighted by Gasteiger charge is -2.07. The van der Waals surface area contributed by atoms with Crippen LogP contribution < -0.4 is 25.0 Å². The van der Waals surface area contributed by atoms with Gasteiger partial charge in [0.15, 0.2) is 11.5 Å². The Bertz CT molecular complexity index is 834. The summed E-state index contributed by atoms with van der Waals surface area (Å²) in [6.07, 6.45) is 1.64. The molecule has 0 bridgehead atoms. The number of rotatable bonds is 9. The number of amides is 2. The first-order valence-electron chi connectivity index (χ1n) is 8.49. The molecule has 2 amide bonds. The predicted octanol–water partition coefficient (Wildman–Crippen LogP) is 1.52. The quantitative estimate of drug-likeness (QED) is 0.504. The minimum Gasteiger partial charge on any atom is -0.497 e. The van der Waals surface area contributed by atoms with E-state index in [2.05, 4.69) is 15.8 Å². The van der Waals surface area contributed by atoms with Crippen LogP contribution in [0.15, 0.2) is 47.6 Å². The summed E-state index contributed by atoms with van der Waals surface area (Å²) in [5.41, 5.74) is 3.91. The van der Waals surface area contributed by atoms with Gasteiger partial charge in [0.25, 0.3) is 5.91 Å². The van der Waals surface area contributed by atoms with Crippen LogP contribution in [0.25, 0.3) is 0 Å². The van der Waals surface area contributed by atoms with E-state index in [-0.39, 0.29) is 18.9 Å². The van der Waals surface area contributed by atoms with E-state index < -0.39 is 5.91 Å². The maximum atomic E-state index is 11.9. The maximum absolute atomic E-state index is 11.9. The van der Waals surface area contributed by atoms with E-state index in [0.717, 1.165) is 16.9 Å². The van der Waals surface area contributed by atoms with Crippen LogP contribution in [0.4, 0.5) is 0 Å². The summed E-state index contributed by atoms with van der Waals surface area (Å²) in [5.74, 6) is 1.19. The minimum absolute atomic E-state index is 0.168. The van der Waals surface area contributed by atoms with Crippen LogP contribution in [0.1, 0.15) is 11.1 Å². The molecule has 0 aliphatic heterocycles. The number of carbonyl (C=O) groups is 2. The Morgan fingerprint density at radius 1 is 0.929 bits per heavy atom. The number of hydrogen-bond acceptors (Lipinski definition) is 6. The number of methoxy groups -OCH3 is 3. The zero-order chi connectivity index (χ0) is 20.4. The van der Waals surface area contributed by atoms with Crippen molar-refractivity contribution >= 4 is 18.0 Å². The molecule has 2 aromatic rings. The molecule has 0 saturated heterocycles. The van der Waals surface area contributed by atoms with E-state index in [0.29, 0.717) is 11.5 Å². The molecule has 2 N–H and O–H groups in total. The van der Waals surface area contributed by atoms with Gasteiger partial charge >= 0.3 is 0 Å². The average Bonchev–Trinajstić information content (AvgIpc) is 2.72. The van der Waals surface area contributed by atoms with Gasteiger partial charge in [0.1, 0.15) is 5.75 Å². The molecule has 2 aromatic carbocycles. The Kier molecular flexibility index (Phi) is 7.83. The van der Waals surface area contributed by atoms with Crippen molar-refractivity contribution in [1.82, 2.24) is 10.7 Å². The van der Waals surface area contributed by atoms with E-state index in [4.69, 9.17) is 14.2 Å². The summed E-state index contributed by atoms with van der Waals surface area (Å²) < 4.78 is 15.4. The van der Waals surface area contributed by atoms with Crippen molar-refractivity contribution < 1.29 is 23.8 Å². The van der Waals surface area contributed by atoms with Gasteiger partial charge in [0, 0.05) is 0 Å². The van der Waals surface area contributed by atoms with E-state index >= 15 is 0 Å². The highest BCUT2D eigenvalue weighted by atomic mass is 16.5. The van der Waals surface area contributed by atoms with E-state index in [1.54, 1.807) is 56.7 Å². The largest absolute Gasteiger partial charge is 0.497 e. The van der Waals surface area contributed by atoms with Gasteiger partial charge in [-0.3, -0.25) is 9.59 Å². The highest BCUT2D eigenvalue weighted by Gasteiger charge is 2.07. The fraction of sp³-hybridized carbons (Fsp3) is 0.250. The summed E-state index contributed by atoms with van der Waals surface area (Å²) in [6.45, 7) is -0.168. The van der Waals surface area contributed by atoms with Crippen molar-refractivity contribution in [3.05, 3.63) is 53.6 Å². The number of benzene rings is 2. The van der Waals surface area contributed by atoms with E-state index in [1.165, 1.54) is 13.3 Å². The maximum Gasteiger partial charge on any atom is 0.259 e. The topological polar surface area (TPSA) is 98.2 Å². The van der Waals surface area contributed by atoms with Gasteiger partial charge in [-0.25, -0.2) is 5.43 Å². The first-order chi connectivity index (χ1) is 13.5. The molecule has 148 valence electrons. The number of nitrogens with zero attached hydrogens (tertiary/aromatic N) is 1.